The third-order valence-electron chi connectivity index (χ3n) is 2.83. The molecule has 2 aromatic carbocycles. The molecule has 0 aliphatic carbocycles. The molecule has 1 N–H and O–H groups in total. The average Bonchev–Trinajstić information content (AvgIpc) is 2.46. The number of carbonyl (C=O) groups is 1. The van der Waals surface area contributed by atoms with Crippen molar-refractivity contribution in [1.82, 2.24) is 0 Å². The summed E-state index contributed by atoms with van der Waals surface area (Å²) >= 11 is 0. The van der Waals surface area contributed by atoms with Crippen molar-refractivity contribution in [1.29, 1.82) is 5.26 Å². The molecule has 0 bridgehead atoms. The second kappa shape index (κ2) is 5.89. The van der Waals surface area contributed by atoms with Gasteiger partial charge < -0.3 is 9.84 Å². The molecule has 100 valence electrons. The Labute approximate surface area is 116 Å². The number of hydrogen-bond donors (Lipinski definition) is 1. The Hall–Kier alpha value is -2.80. The van der Waals surface area contributed by atoms with Crippen molar-refractivity contribution in [3.05, 3.63) is 59.2 Å². The van der Waals surface area contributed by atoms with Gasteiger partial charge in [0.05, 0.1) is 11.1 Å². The minimum absolute atomic E-state index is 0.119. The highest BCUT2D eigenvalue weighted by Gasteiger charge is 2.13. The summed E-state index contributed by atoms with van der Waals surface area (Å²) in [6.45, 7) is 1.62. The molecule has 4 nitrogen and oxygen atoms in total. The van der Waals surface area contributed by atoms with Gasteiger partial charge in [0.2, 0.25) is 0 Å². The number of hydrogen-bond acceptors (Lipinski definition) is 4. The van der Waals surface area contributed by atoms with E-state index in [0.717, 1.165) is 5.56 Å². The fourth-order valence-corrected chi connectivity index (χ4v) is 1.79. The van der Waals surface area contributed by atoms with E-state index in [4.69, 9.17) is 10.00 Å². The number of nitriles is 1. The van der Waals surface area contributed by atoms with Crippen LogP contribution in [0.15, 0.2) is 42.5 Å². The second-order valence-electron chi connectivity index (χ2n) is 4.31. The van der Waals surface area contributed by atoms with Crippen LogP contribution in [0.4, 0.5) is 0 Å². The van der Waals surface area contributed by atoms with Gasteiger partial charge >= 0.3 is 0 Å². The predicted octanol–water partition coefficient (Wildman–Crippen LogP) is 3.05. The lowest BCUT2D eigenvalue weighted by Crippen LogP contribution is -2.00. The zero-order valence-corrected chi connectivity index (χ0v) is 11.0. The molecular weight excluding hydrogens is 254 g/mol. The molecule has 0 atom stereocenters. The van der Waals surface area contributed by atoms with Crippen LogP contribution in [0.2, 0.25) is 0 Å². The van der Waals surface area contributed by atoms with Crippen LogP contribution in [-0.4, -0.2) is 10.9 Å². The van der Waals surface area contributed by atoms with Crippen LogP contribution >= 0.6 is 0 Å². The molecule has 0 radical (unpaired) electrons. The molecule has 2 rings (SSSR count). The summed E-state index contributed by atoms with van der Waals surface area (Å²) in [6.07, 6.45) is 0. The van der Waals surface area contributed by atoms with E-state index in [9.17, 15) is 9.90 Å². The van der Waals surface area contributed by atoms with Crippen LogP contribution in [0, 0.1) is 11.3 Å². The number of Topliss-reactive ketones (excluding diaryl/α,β-unsaturated/α-hetero) is 1. The first-order valence-corrected chi connectivity index (χ1v) is 6.06. The Morgan fingerprint density at radius 3 is 2.60 bits per heavy atom. The van der Waals surface area contributed by atoms with E-state index in [1.165, 1.54) is 19.1 Å². The first-order valence-electron chi connectivity index (χ1n) is 6.06. The zero-order chi connectivity index (χ0) is 14.5. The van der Waals surface area contributed by atoms with Crippen molar-refractivity contribution >= 4 is 5.78 Å². The molecule has 0 amide bonds. The highest BCUT2D eigenvalue weighted by molar-refractivity contribution is 5.97. The Morgan fingerprint density at radius 1 is 1.30 bits per heavy atom. The summed E-state index contributed by atoms with van der Waals surface area (Å²) in [6, 6.07) is 14.1. The van der Waals surface area contributed by atoms with Crippen molar-refractivity contribution in [2.75, 3.05) is 0 Å². The number of phenols is 1. The highest BCUT2D eigenvalue weighted by Crippen LogP contribution is 2.28. The number of nitrogens with zero attached hydrogens (tertiary/aromatic N) is 1. The molecule has 0 saturated heterocycles. The predicted molar refractivity (Wildman–Crippen MR) is 73.6 cm³/mol. The maximum absolute atomic E-state index is 11.3. The fourth-order valence-electron chi connectivity index (χ4n) is 1.79. The van der Waals surface area contributed by atoms with Crippen LogP contribution < -0.4 is 4.74 Å². The van der Waals surface area contributed by atoms with Crippen LogP contribution in [0.3, 0.4) is 0 Å². The van der Waals surface area contributed by atoms with Crippen molar-refractivity contribution in [3.8, 4) is 17.6 Å². The Balaban J connectivity index is 2.26. The maximum Gasteiger partial charge on any atom is 0.163 e. The molecule has 20 heavy (non-hydrogen) atoms. The van der Waals surface area contributed by atoms with Crippen LogP contribution in [0.1, 0.15) is 28.4 Å². The normalized spacial score (nSPS) is 9.80. The number of aromatic hydroxyl groups is 1. The molecular formula is C16H13NO3. The molecule has 0 aliphatic rings. The van der Waals surface area contributed by atoms with E-state index in [1.54, 1.807) is 0 Å². The van der Waals surface area contributed by atoms with Gasteiger partial charge in [-0.2, -0.15) is 5.26 Å². The van der Waals surface area contributed by atoms with Crippen molar-refractivity contribution in [2.45, 2.75) is 13.5 Å². The van der Waals surface area contributed by atoms with Crippen molar-refractivity contribution in [2.24, 2.45) is 0 Å². The molecule has 0 aromatic heterocycles. The van der Waals surface area contributed by atoms with E-state index in [2.05, 4.69) is 0 Å². The standard InChI is InChI=1S/C16H13NO3/c1-11(18)14-7-13(9-17)16(8-15(14)19)20-10-12-5-3-2-4-6-12/h2-8,19H,10H2,1H3. The first-order chi connectivity index (χ1) is 9.61. The first kappa shape index (κ1) is 13.6. The third kappa shape index (κ3) is 2.96. The molecule has 0 aliphatic heterocycles. The van der Waals surface area contributed by atoms with Gasteiger partial charge in [0.1, 0.15) is 24.2 Å². The molecule has 0 heterocycles. The molecule has 0 unspecified atom stereocenters. The van der Waals surface area contributed by atoms with Gasteiger partial charge in [-0.05, 0) is 18.6 Å². The zero-order valence-electron chi connectivity index (χ0n) is 11.0. The number of ether oxygens (including phenoxy) is 1. The number of phenolic OH excluding ortho intramolecular Hbond substituents is 1. The van der Waals surface area contributed by atoms with Gasteiger partial charge in [-0.1, -0.05) is 30.3 Å². The third-order valence-corrected chi connectivity index (χ3v) is 2.83. The van der Waals surface area contributed by atoms with Gasteiger partial charge in [0, 0.05) is 6.07 Å². The van der Waals surface area contributed by atoms with Crippen LogP contribution in [0.5, 0.6) is 11.5 Å². The van der Waals surface area contributed by atoms with Crippen LogP contribution in [-0.2, 0) is 6.61 Å². The minimum Gasteiger partial charge on any atom is -0.507 e. The van der Waals surface area contributed by atoms with E-state index in [-0.39, 0.29) is 35.0 Å². The lowest BCUT2D eigenvalue weighted by Gasteiger charge is -2.10. The summed E-state index contributed by atoms with van der Waals surface area (Å²) in [5.74, 6) is -0.216. The van der Waals surface area contributed by atoms with Gasteiger partial charge in [-0.3, -0.25) is 4.79 Å². The van der Waals surface area contributed by atoms with Gasteiger partial charge in [0.25, 0.3) is 0 Å². The number of rotatable bonds is 4. The number of benzene rings is 2. The van der Waals surface area contributed by atoms with E-state index in [1.807, 2.05) is 36.4 Å². The molecule has 0 saturated carbocycles. The van der Waals surface area contributed by atoms with Crippen molar-refractivity contribution in [3.63, 3.8) is 0 Å². The summed E-state index contributed by atoms with van der Waals surface area (Å²) in [7, 11) is 0. The highest BCUT2D eigenvalue weighted by atomic mass is 16.5. The summed E-state index contributed by atoms with van der Waals surface area (Å²) in [4.78, 5) is 11.3. The van der Waals surface area contributed by atoms with E-state index >= 15 is 0 Å². The molecule has 0 fully saturated rings. The summed E-state index contributed by atoms with van der Waals surface area (Å²) in [5, 5.41) is 18.9. The lowest BCUT2D eigenvalue weighted by molar-refractivity contribution is 0.101. The summed E-state index contributed by atoms with van der Waals surface area (Å²) in [5.41, 5.74) is 1.30. The number of ketones is 1. The average molecular weight is 267 g/mol. The lowest BCUT2D eigenvalue weighted by atomic mass is 10.1. The summed E-state index contributed by atoms with van der Waals surface area (Å²) < 4.78 is 5.54. The topological polar surface area (TPSA) is 70.3 Å². The van der Waals surface area contributed by atoms with E-state index in [0.29, 0.717) is 0 Å². The Kier molecular flexibility index (Phi) is 4.02. The number of carbonyl (C=O) groups excluding carboxylic acids is 1. The fraction of sp³-hybridized carbons (Fsp3) is 0.125. The molecule has 4 heteroatoms. The molecule has 2 aromatic rings. The second-order valence-corrected chi connectivity index (χ2v) is 4.31. The maximum atomic E-state index is 11.3. The van der Waals surface area contributed by atoms with Crippen LogP contribution in [0.25, 0.3) is 0 Å². The quantitative estimate of drug-likeness (QED) is 0.864. The van der Waals surface area contributed by atoms with E-state index < -0.39 is 0 Å². The van der Waals surface area contributed by atoms with Crippen molar-refractivity contribution < 1.29 is 14.6 Å². The smallest absolute Gasteiger partial charge is 0.163 e. The molecule has 0 spiro atoms. The van der Waals surface area contributed by atoms with Gasteiger partial charge in [0.15, 0.2) is 5.78 Å². The minimum atomic E-state index is -0.298. The monoisotopic (exact) mass is 267 g/mol. The van der Waals surface area contributed by atoms with Gasteiger partial charge in [-0.15, -0.1) is 0 Å². The SMILES string of the molecule is CC(=O)c1cc(C#N)c(OCc2ccccc2)cc1O. The Morgan fingerprint density at radius 2 is 2.00 bits per heavy atom. The van der Waals surface area contributed by atoms with Gasteiger partial charge in [-0.25, -0.2) is 0 Å². The largest absolute Gasteiger partial charge is 0.507 e. The Bertz CT molecular complexity index is 672.